The number of aryl methyl sites for hydroxylation is 1. The standard InChI is InChI=1S/C30H34N6O6/c1-19-6-7-22-11-26(19)42-23-5-3-4-20(10-23)18-41-25-8-9-36(16-24(25)34-27(37)17-35(2)29(22)40)15-21-12-31-30(32-13-21)33-14-28(38)39/h3-7,10-13,24-25H,8-9,14-18H2,1-2H3,(H,34,37)(H,38,39)(H,31,32,33)/t24-,25+/m0/s1. The van der Waals surface area contributed by atoms with Crippen LogP contribution in [0.3, 0.4) is 0 Å². The summed E-state index contributed by atoms with van der Waals surface area (Å²) in [6.07, 6.45) is 3.75. The van der Waals surface area contributed by atoms with Crippen molar-refractivity contribution in [3.63, 3.8) is 0 Å². The predicted octanol–water partition coefficient (Wildman–Crippen LogP) is 2.44. The monoisotopic (exact) mass is 574 g/mol. The Morgan fingerprint density at radius 1 is 1.17 bits per heavy atom. The number of carbonyl (C=O) groups excluding carboxylic acids is 2. The van der Waals surface area contributed by atoms with E-state index in [1.807, 2.05) is 37.3 Å². The van der Waals surface area contributed by atoms with Crippen LogP contribution in [0.2, 0.25) is 0 Å². The van der Waals surface area contributed by atoms with Gasteiger partial charge in [-0.25, -0.2) is 9.97 Å². The van der Waals surface area contributed by atoms with E-state index in [4.69, 9.17) is 14.6 Å². The second kappa shape index (κ2) is 13.0. The Labute approximate surface area is 243 Å². The first-order valence-electron chi connectivity index (χ1n) is 13.8. The van der Waals surface area contributed by atoms with Crippen molar-refractivity contribution in [3.8, 4) is 11.5 Å². The van der Waals surface area contributed by atoms with E-state index in [9.17, 15) is 14.4 Å². The van der Waals surface area contributed by atoms with Gasteiger partial charge in [-0.15, -0.1) is 0 Å². The fourth-order valence-electron chi connectivity index (χ4n) is 5.05. The third-order valence-corrected chi connectivity index (χ3v) is 7.24. The van der Waals surface area contributed by atoms with Crippen molar-refractivity contribution in [1.82, 2.24) is 25.1 Å². The number of benzene rings is 2. The number of rotatable bonds is 5. The third kappa shape index (κ3) is 7.39. The van der Waals surface area contributed by atoms with Crippen LogP contribution in [-0.4, -0.2) is 88.0 Å². The number of hydrogen-bond donors (Lipinski definition) is 3. The van der Waals surface area contributed by atoms with Crippen molar-refractivity contribution in [2.45, 2.75) is 38.6 Å². The first kappa shape index (κ1) is 29.0. The lowest BCUT2D eigenvalue weighted by Crippen LogP contribution is -2.57. The summed E-state index contributed by atoms with van der Waals surface area (Å²) in [7, 11) is 1.60. The lowest BCUT2D eigenvalue weighted by molar-refractivity contribution is -0.135. The molecule has 4 bridgehead atoms. The minimum absolute atomic E-state index is 0.107. The van der Waals surface area contributed by atoms with Crippen LogP contribution >= 0.6 is 0 Å². The highest BCUT2D eigenvalue weighted by Gasteiger charge is 2.32. The van der Waals surface area contributed by atoms with Gasteiger partial charge in [0.15, 0.2) is 0 Å². The SMILES string of the molecule is Cc1ccc2cc1Oc1cccc(c1)CO[C@@H]1CCN(Cc3cnc(NCC(=O)O)nc3)C[C@@H]1NC(=O)CN(C)C2=O. The Bertz CT molecular complexity index is 1450. The molecule has 2 amide bonds. The number of piperidine rings is 1. The molecule has 2 aliphatic heterocycles. The van der Waals surface area contributed by atoms with Gasteiger partial charge in [0, 0.05) is 50.2 Å². The number of fused-ring (bicyclic) bond motifs is 5. The number of carboxylic acid groups (broad SMARTS) is 1. The molecule has 0 aliphatic carbocycles. The number of nitrogens with one attached hydrogen (secondary N) is 2. The highest BCUT2D eigenvalue weighted by Crippen LogP contribution is 2.28. The van der Waals surface area contributed by atoms with Gasteiger partial charge < -0.3 is 30.1 Å². The van der Waals surface area contributed by atoms with Crippen molar-refractivity contribution in [3.05, 3.63) is 77.1 Å². The van der Waals surface area contributed by atoms with E-state index in [1.165, 1.54) is 4.90 Å². The van der Waals surface area contributed by atoms with Crippen molar-refractivity contribution in [1.29, 1.82) is 0 Å². The second-order valence-electron chi connectivity index (χ2n) is 10.6. The molecule has 3 aromatic rings. The molecule has 5 rings (SSSR count). The van der Waals surface area contributed by atoms with E-state index in [0.29, 0.717) is 43.2 Å². The average molecular weight is 575 g/mol. The maximum absolute atomic E-state index is 13.2. The summed E-state index contributed by atoms with van der Waals surface area (Å²) in [4.78, 5) is 49.1. The van der Waals surface area contributed by atoms with Gasteiger partial charge in [0.1, 0.15) is 18.0 Å². The van der Waals surface area contributed by atoms with Crippen LogP contribution in [0.15, 0.2) is 54.9 Å². The number of nitrogens with zero attached hydrogens (tertiary/aromatic N) is 4. The molecule has 3 N–H and O–H groups in total. The van der Waals surface area contributed by atoms with Gasteiger partial charge >= 0.3 is 5.97 Å². The molecule has 1 saturated heterocycles. The summed E-state index contributed by atoms with van der Waals surface area (Å²) in [5.41, 5.74) is 3.12. The molecule has 0 spiro atoms. The highest BCUT2D eigenvalue weighted by molar-refractivity contribution is 5.96. The number of carboxylic acids is 1. The average Bonchev–Trinajstić information content (AvgIpc) is 2.97. The normalized spacial score (nSPS) is 19.8. The summed E-state index contributed by atoms with van der Waals surface area (Å²) in [6.45, 7) is 3.70. The maximum Gasteiger partial charge on any atom is 0.322 e. The number of anilines is 1. The molecule has 0 radical (unpaired) electrons. The van der Waals surface area contributed by atoms with Crippen molar-refractivity contribution in [2.24, 2.45) is 0 Å². The number of carbonyl (C=O) groups is 3. The van der Waals surface area contributed by atoms with Crippen LogP contribution in [0.4, 0.5) is 5.95 Å². The molecule has 1 aromatic heterocycles. The first-order chi connectivity index (χ1) is 20.2. The first-order valence-corrected chi connectivity index (χ1v) is 13.8. The smallest absolute Gasteiger partial charge is 0.322 e. The van der Waals surface area contributed by atoms with Crippen LogP contribution in [0.25, 0.3) is 0 Å². The van der Waals surface area contributed by atoms with E-state index >= 15 is 0 Å². The minimum atomic E-state index is -0.995. The molecule has 2 aromatic carbocycles. The van der Waals surface area contributed by atoms with Gasteiger partial charge in [-0.05, 0) is 48.7 Å². The Morgan fingerprint density at radius 3 is 2.76 bits per heavy atom. The summed E-state index contributed by atoms with van der Waals surface area (Å²) in [5, 5.41) is 14.6. The van der Waals surface area contributed by atoms with Crippen LogP contribution in [0.1, 0.15) is 33.5 Å². The van der Waals surface area contributed by atoms with Gasteiger partial charge in [-0.3, -0.25) is 19.3 Å². The van der Waals surface area contributed by atoms with E-state index < -0.39 is 5.97 Å². The second-order valence-corrected chi connectivity index (χ2v) is 10.6. The molecule has 0 unspecified atom stereocenters. The summed E-state index contributed by atoms with van der Waals surface area (Å²) in [6, 6.07) is 12.6. The van der Waals surface area contributed by atoms with Gasteiger partial charge in [0.05, 0.1) is 25.3 Å². The van der Waals surface area contributed by atoms with Crippen LogP contribution in [-0.2, 0) is 27.5 Å². The van der Waals surface area contributed by atoms with Gasteiger partial charge in [0.2, 0.25) is 11.9 Å². The molecule has 3 heterocycles. The van der Waals surface area contributed by atoms with Crippen molar-refractivity contribution in [2.75, 3.05) is 38.5 Å². The van der Waals surface area contributed by atoms with E-state index in [1.54, 1.807) is 31.6 Å². The fourth-order valence-corrected chi connectivity index (χ4v) is 5.05. The Kier molecular flexibility index (Phi) is 8.94. The number of aromatic nitrogens is 2. The fraction of sp³-hybridized carbons (Fsp3) is 0.367. The van der Waals surface area contributed by atoms with Crippen molar-refractivity contribution < 1.29 is 29.0 Å². The van der Waals surface area contributed by atoms with Gasteiger partial charge in [-0.2, -0.15) is 0 Å². The van der Waals surface area contributed by atoms with Crippen molar-refractivity contribution >= 4 is 23.7 Å². The Balaban J connectivity index is 1.32. The number of ether oxygens (including phenoxy) is 2. The van der Waals surface area contributed by atoms with Gasteiger partial charge in [-0.1, -0.05) is 18.2 Å². The largest absolute Gasteiger partial charge is 0.480 e. The number of amides is 2. The maximum atomic E-state index is 13.2. The molecule has 2 aliphatic rings. The number of aliphatic carboxylic acids is 1. The number of likely N-dealkylation sites (tertiary alicyclic amines) is 1. The summed E-state index contributed by atoms with van der Waals surface area (Å²) < 4.78 is 12.5. The molecule has 12 nitrogen and oxygen atoms in total. The zero-order chi connectivity index (χ0) is 29.6. The molecule has 0 saturated carbocycles. The van der Waals surface area contributed by atoms with Crippen LogP contribution < -0.4 is 15.4 Å². The van der Waals surface area contributed by atoms with Crippen LogP contribution in [0, 0.1) is 6.92 Å². The van der Waals surface area contributed by atoms with Gasteiger partial charge in [0.25, 0.3) is 5.91 Å². The zero-order valence-corrected chi connectivity index (χ0v) is 23.6. The van der Waals surface area contributed by atoms with E-state index in [2.05, 4.69) is 25.5 Å². The predicted molar refractivity (Wildman–Crippen MR) is 153 cm³/mol. The van der Waals surface area contributed by atoms with E-state index in [-0.39, 0.29) is 43.0 Å². The quantitative estimate of drug-likeness (QED) is 0.415. The molecular weight excluding hydrogens is 540 g/mol. The molecular formula is C30H34N6O6. The lowest BCUT2D eigenvalue weighted by Gasteiger charge is -2.39. The topological polar surface area (TPSA) is 146 Å². The lowest BCUT2D eigenvalue weighted by atomic mass is 10.0. The molecule has 2 atom stereocenters. The summed E-state index contributed by atoms with van der Waals surface area (Å²) in [5.74, 6) is -0.0856. The molecule has 1 fully saturated rings. The zero-order valence-electron chi connectivity index (χ0n) is 23.6. The highest BCUT2D eigenvalue weighted by atomic mass is 16.5. The molecule has 42 heavy (non-hydrogen) atoms. The van der Waals surface area contributed by atoms with Crippen LogP contribution in [0.5, 0.6) is 11.5 Å². The number of likely N-dealkylation sites (N-methyl/N-ethyl adjacent to an activating group) is 1. The minimum Gasteiger partial charge on any atom is -0.480 e. The molecule has 12 heteroatoms. The van der Waals surface area contributed by atoms with E-state index in [0.717, 1.165) is 23.2 Å². The Morgan fingerprint density at radius 2 is 1.98 bits per heavy atom. The summed E-state index contributed by atoms with van der Waals surface area (Å²) >= 11 is 0. The third-order valence-electron chi connectivity index (χ3n) is 7.24. The Hall–Kier alpha value is -4.55. The number of hydrogen-bond acceptors (Lipinski definition) is 9. The molecule has 220 valence electrons.